The van der Waals surface area contributed by atoms with Crippen LogP contribution in [0, 0.1) is 6.92 Å². The first-order valence-corrected chi connectivity index (χ1v) is 6.07. The van der Waals surface area contributed by atoms with Crippen LogP contribution in [-0.4, -0.2) is 17.0 Å². The van der Waals surface area contributed by atoms with E-state index in [4.69, 9.17) is 5.11 Å². The van der Waals surface area contributed by atoms with Crippen LogP contribution in [0.5, 0.6) is 0 Å². The molecule has 0 aliphatic carbocycles. The molecule has 0 spiro atoms. The average Bonchev–Trinajstić information content (AvgIpc) is 2.28. The van der Waals surface area contributed by atoms with Crippen molar-refractivity contribution < 1.29 is 14.7 Å². The Kier molecular flexibility index (Phi) is 5.36. The minimum absolute atomic E-state index is 0.0339. The molecule has 18 heavy (non-hydrogen) atoms. The fourth-order valence-corrected chi connectivity index (χ4v) is 1.86. The van der Waals surface area contributed by atoms with Crippen molar-refractivity contribution in [1.29, 1.82) is 0 Å². The Morgan fingerprint density at radius 2 is 1.94 bits per heavy atom. The predicted molar refractivity (Wildman–Crippen MR) is 69.2 cm³/mol. The fourth-order valence-electron chi connectivity index (χ4n) is 1.86. The Hall–Kier alpha value is -1.84. The fraction of sp³-hybridized carbons (Fsp3) is 0.429. The maximum absolute atomic E-state index is 11.6. The van der Waals surface area contributed by atoms with Crippen molar-refractivity contribution in [1.82, 2.24) is 5.32 Å². The van der Waals surface area contributed by atoms with Crippen LogP contribution in [-0.2, 0) is 9.59 Å². The van der Waals surface area contributed by atoms with Gasteiger partial charge in [0.2, 0.25) is 5.91 Å². The second kappa shape index (κ2) is 6.79. The molecule has 0 radical (unpaired) electrons. The summed E-state index contributed by atoms with van der Waals surface area (Å²) in [6.45, 7) is 3.93. The van der Waals surface area contributed by atoms with E-state index in [2.05, 4.69) is 5.32 Å². The Morgan fingerprint density at radius 3 is 2.56 bits per heavy atom. The molecule has 4 heteroatoms. The first kappa shape index (κ1) is 14.2. The molecule has 1 amide bonds. The van der Waals surface area contributed by atoms with Gasteiger partial charge in [-0.05, 0) is 31.4 Å². The Balaban J connectivity index is 2.45. The van der Waals surface area contributed by atoms with Gasteiger partial charge in [-0.15, -0.1) is 0 Å². The van der Waals surface area contributed by atoms with Gasteiger partial charge in [-0.1, -0.05) is 24.3 Å². The quantitative estimate of drug-likeness (QED) is 0.813. The lowest BCUT2D eigenvalue weighted by Crippen LogP contribution is -2.26. The highest BCUT2D eigenvalue weighted by atomic mass is 16.4. The first-order valence-electron chi connectivity index (χ1n) is 6.07. The first-order chi connectivity index (χ1) is 8.50. The van der Waals surface area contributed by atoms with Gasteiger partial charge < -0.3 is 10.4 Å². The van der Waals surface area contributed by atoms with Gasteiger partial charge in [0.1, 0.15) is 0 Å². The maximum Gasteiger partial charge on any atom is 0.303 e. The van der Waals surface area contributed by atoms with Gasteiger partial charge in [0, 0.05) is 12.8 Å². The van der Waals surface area contributed by atoms with Gasteiger partial charge in [0.25, 0.3) is 0 Å². The molecule has 0 saturated carbocycles. The number of carbonyl (C=O) groups excluding carboxylic acids is 1. The van der Waals surface area contributed by atoms with Crippen molar-refractivity contribution >= 4 is 11.9 Å². The zero-order chi connectivity index (χ0) is 13.5. The molecular weight excluding hydrogens is 230 g/mol. The molecule has 2 N–H and O–H groups in total. The number of aliphatic carboxylic acids is 1. The highest BCUT2D eigenvalue weighted by molar-refractivity contribution is 5.77. The van der Waals surface area contributed by atoms with Crippen molar-refractivity contribution in [3.8, 4) is 0 Å². The topological polar surface area (TPSA) is 66.4 Å². The molecule has 0 aromatic heterocycles. The molecule has 4 nitrogen and oxygen atoms in total. The second-order valence-corrected chi connectivity index (χ2v) is 4.39. The Morgan fingerprint density at radius 1 is 1.28 bits per heavy atom. The van der Waals surface area contributed by atoms with Crippen LogP contribution in [0.2, 0.25) is 0 Å². The van der Waals surface area contributed by atoms with Crippen LogP contribution in [0.15, 0.2) is 24.3 Å². The molecule has 0 saturated heterocycles. The molecule has 1 atom stereocenters. The molecule has 1 aromatic rings. The number of carboxylic acids is 1. The number of hydrogen-bond donors (Lipinski definition) is 2. The van der Waals surface area contributed by atoms with Crippen LogP contribution in [0.3, 0.4) is 0 Å². The summed E-state index contributed by atoms with van der Waals surface area (Å²) in [4.78, 5) is 22.0. The van der Waals surface area contributed by atoms with Crippen LogP contribution < -0.4 is 5.32 Å². The van der Waals surface area contributed by atoms with Crippen molar-refractivity contribution in [2.45, 2.75) is 39.2 Å². The molecule has 1 rings (SSSR count). The van der Waals surface area contributed by atoms with Gasteiger partial charge in [0.15, 0.2) is 0 Å². The highest BCUT2D eigenvalue weighted by Crippen LogP contribution is 2.16. The zero-order valence-electron chi connectivity index (χ0n) is 10.8. The van der Waals surface area contributed by atoms with E-state index in [-0.39, 0.29) is 24.8 Å². The zero-order valence-corrected chi connectivity index (χ0v) is 10.8. The molecule has 0 unspecified atom stereocenters. The Bertz CT molecular complexity index is 429. The number of amides is 1. The monoisotopic (exact) mass is 249 g/mol. The summed E-state index contributed by atoms with van der Waals surface area (Å²) in [5.74, 6) is -0.971. The molecule has 0 bridgehead atoms. The van der Waals surface area contributed by atoms with Crippen molar-refractivity contribution in [3.05, 3.63) is 35.4 Å². The SMILES string of the molecule is Cc1ccccc1[C@@H](C)NC(=O)CCCC(=O)O. The lowest BCUT2D eigenvalue weighted by molar-refractivity contribution is -0.137. The van der Waals surface area contributed by atoms with Crippen LogP contribution in [0.25, 0.3) is 0 Å². The summed E-state index contributed by atoms with van der Waals surface area (Å²) in [7, 11) is 0. The molecule has 0 fully saturated rings. The minimum atomic E-state index is -0.866. The smallest absolute Gasteiger partial charge is 0.303 e. The van der Waals surface area contributed by atoms with Crippen LogP contribution in [0.1, 0.15) is 43.4 Å². The molecule has 0 aliphatic heterocycles. The predicted octanol–water partition coefficient (Wildman–Crippen LogP) is 2.43. The minimum Gasteiger partial charge on any atom is -0.481 e. The van der Waals surface area contributed by atoms with Gasteiger partial charge >= 0.3 is 5.97 Å². The van der Waals surface area contributed by atoms with E-state index in [0.717, 1.165) is 11.1 Å². The van der Waals surface area contributed by atoms with E-state index < -0.39 is 5.97 Å². The van der Waals surface area contributed by atoms with E-state index in [1.807, 2.05) is 38.1 Å². The highest BCUT2D eigenvalue weighted by Gasteiger charge is 2.11. The summed E-state index contributed by atoms with van der Waals surface area (Å²) >= 11 is 0. The number of rotatable bonds is 6. The van der Waals surface area contributed by atoms with E-state index >= 15 is 0 Å². The number of carbonyl (C=O) groups is 2. The normalized spacial score (nSPS) is 11.9. The number of benzene rings is 1. The third kappa shape index (κ3) is 4.57. The molecule has 1 aromatic carbocycles. The summed E-state index contributed by atoms with van der Waals surface area (Å²) in [6, 6.07) is 7.83. The van der Waals surface area contributed by atoms with E-state index in [1.54, 1.807) is 0 Å². The third-order valence-electron chi connectivity index (χ3n) is 2.83. The Labute approximate surface area is 107 Å². The third-order valence-corrected chi connectivity index (χ3v) is 2.83. The lowest BCUT2D eigenvalue weighted by atomic mass is 10.0. The van der Waals surface area contributed by atoms with Gasteiger partial charge in [-0.3, -0.25) is 9.59 Å². The number of hydrogen-bond acceptors (Lipinski definition) is 2. The lowest BCUT2D eigenvalue weighted by Gasteiger charge is -2.16. The van der Waals surface area contributed by atoms with Crippen molar-refractivity contribution in [3.63, 3.8) is 0 Å². The van der Waals surface area contributed by atoms with Crippen molar-refractivity contribution in [2.75, 3.05) is 0 Å². The summed E-state index contributed by atoms with van der Waals surface area (Å²) in [5, 5.41) is 11.4. The summed E-state index contributed by atoms with van der Waals surface area (Å²) < 4.78 is 0. The number of aryl methyl sites for hydroxylation is 1. The largest absolute Gasteiger partial charge is 0.481 e. The van der Waals surface area contributed by atoms with Crippen LogP contribution >= 0.6 is 0 Å². The van der Waals surface area contributed by atoms with E-state index in [9.17, 15) is 9.59 Å². The summed E-state index contributed by atoms with van der Waals surface area (Å²) in [6.07, 6.45) is 0.663. The van der Waals surface area contributed by atoms with Crippen LogP contribution in [0.4, 0.5) is 0 Å². The molecule has 0 aliphatic rings. The molecule has 0 heterocycles. The maximum atomic E-state index is 11.6. The molecule has 98 valence electrons. The molecular formula is C14H19NO3. The standard InChI is InChI=1S/C14H19NO3/c1-10-6-3-4-7-12(10)11(2)15-13(16)8-5-9-14(17)18/h3-4,6-7,11H,5,8-9H2,1-2H3,(H,15,16)(H,17,18)/t11-/m1/s1. The van der Waals surface area contributed by atoms with E-state index in [0.29, 0.717) is 6.42 Å². The summed E-state index contributed by atoms with van der Waals surface area (Å²) in [5.41, 5.74) is 2.22. The average molecular weight is 249 g/mol. The van der Waals surface area contributed by atoms with Gasteiger partial charge in [-0.25, -0.2) is 0 Å². The van der Waals surface area contributed by atoms with Crippen molar-refractivity contribution in [2.24, 2.45) is 0 Å². The van der Waals surface area contributed by atoms with Gasteiger partial charge in [0.05, 0.1) is 6.04 Å². The number of nitrogens with one attached hydrogen (secondary N) is 1. The number of carboxylic acid groups (broad SMARTS) is 1. The second-order valence-electron chi connectivity index (χ2n) is 4.39. The van der Waals surface area contributed by atoms with E-state index in [1.165, 1.54) is 0 Å². The van der Waals surface area contributed by atoms with Gasteiger partial charge in [-0.2, -0.15) is 0 Å².